The first-order valence-corrected chi connectivity index (χ1v) is 9.78. The minimum absolute atomic E-state index is 0.207. The molecule has 2 atom stereocenters. The molecule has 0 saturated heterocycles. The summed E-state index contributed by atoms with van der Waals surface area (Å²) < 4.78 is 37.4. The van der Waals surface area contributed by atoms with Gasteiger partial charge < -0.3 is 15.2 Å². The molecular formula is C21H22F3N3O6. The second kappa shape index (κ2) is 11.8. The summed E-state index contributed by atoms with van der Waals surface area (Å²) in [7, 11) is 0. The number of rotatable bonds is 6. The Morgan fingerprint density at radius 1 is 1.00 bits per heavy atom. The quantitative estimate of drug-likeness (QED) is 0.377. The number of carboxylic acids is 1. The Morgan fingerprint density at radius 3 is 2.06 bits per heavy atom. The highest BCUT2D eigenvalue weighted by Crippen LogP contribution is 2.33. The SMILES string of the molecule is O=C(NO)[C@H]1CCC[C@@H]1C(=O)Nc1ccc(OCc2ccncc2)cc1.O=C(O)C(F)(F)F. The van der Waals surface area contributed by atoms with Crippen molar-refractivity contribution < 1.29 is 42.6 Å². The normalized spacial score (nSPS) is 17.3. The number of aromatic nitrogens is 1. The van der Waals surface area contributed by atoms with Crippen molar-refractivity contribution in [1.82, 2.24) is 10.5 Å². The van der Waals surface area contributed by atoms with Crippen LogP contribution < -0.4 is 15.5 Å². The Bertz CT molecular complexity index is 939. The van der Waals surface area contributed by atoms with Gasteiger partial charge in [0.25, 0.3) is 0 Å². The maximum atomic E-state index is 12.4. The molecule has 1 fully saturated rings. The van der Waals surface area contributed by atoms with E-state index in [1.807, 2.05) is 12.1 Å². The topological polar surface area (TPSA) is 138 Å². The van der Waals surface area contributed by atoms with E-state index in [1.165, 1.54) is 0 Å². The van der Waals surface area contributed by atoms with Crippen molar-refractivity contribution in [2.24, 2.45) is 11.8 Å². The molecule has 2 aromatic rings. The Morgan fingerprint density at radius 2 is 1.55 bits per heavy atom. The molecule has 0 radical (unpaired) electrons. The predicted octanol–water partition coefficient (Wildman–Crippen LogP) is 3.15. The van der Waals surface area contributed by atoms with Gasteiger partial charge in [0, 0.05) is 24.0 Å². The van der Waals surface area contributed by atoms with Crippen molar-refractivity contribution >= 4 is 23.5 Å². The lowest BCUT2D eigenvalue weighted by atomic mass is 9.94. The molecule has 12 heteroatoms. The first kappa shape index (κ1) is 25.6. The number of pyridine rings is 1. The number of aliphatic carboxylic acids is 1. The van der Waals surface area contributed by atoms with E-state index in [-0.39, 0.29) is 5.91 Å². The molecule has 1 aliphatic rings. The monoisotopic (exact) mass is 469 g/mol. The number of hydroxylamine groups is 1. The van der Waals surface area contributed by atoms with Crippen LogP contribution in [-0.2, 0) is 21.0 Å². The van der Waals surface area contributed by atoms with Gasteiger partial charge in [0.15, 0.2) is 0 Å². The van der Waals surface area contributed by atoms with E-state index in [4.69, 9.17) is 19.8 Å². The molecule has 1 saturated carbocycles. The van der Waals surface area contributed by atoms with Gasteiger partial charge in [-0.1, -0.05) is 6.42 Å². The Balaban J connectivity index is 0.000000479. The van der Waals surface area contributed by atoms with Crippen LogP contribution in [0.5, 0.6) is 5.75 Å². The van der Waals surface area contributed by atoms with Crippen LogP contribution in [-0.4, -0.2) is 39.3 Å². The molecule has 1 aromatic heterocycles. The fourth-order valence-electron chi connectivity index (χ4n) is 3.19. The molecule has 4 N–H and O–H groups in total. The lowest BCUT2D eigenvalue weighted by Crippen LogP contribution is -2.35. The van der Waals surface area contributed by atoms with Crippen LogP contribution in [0.3, 0.4) is 0 Å². The van der Waals surface area contributed by atoms with Gasteiger partial charge in [-0.05, 0) is 54.8 Å². The second-order valence-corrected chi connectivity index (χ2v) is 7.08. The van der Waals surface area contributed by atoms with Crippen LogP contribution in [0.1, 0.15) is 24.8 Å². The van der Waals surface area contributed by atoms with Gasteiger partial charge in [0.05, 0.1) is 5.92 Å². The van der Waals surface area contributed by atoms with Crippen LogP contribution >= 0.6 is 0 Å². The molecule has 1 heterocycles. The second-order valence-electron chi connectivity index (χ2n) is 7.08. The van der Waals surface area contributed by atoms with Gasteiger partial charge in [-0.15, -0.1) is 0 Å². The molecule has 0 spiro atoms. The number of ether oxygens (including phenoxy) is 1. The summed E-state index contributed by atoms with van der Waals surface area (Å²) in [5.74, 6) is -3.68. The Kier molecular flexibility index (Phi) is 9.16. The van der Waals surface area contributed by atoms with E-state index >= 15 is 0 Å². The number of nitrogens with one attached hydrogen (secondary N) is 2. The third-order valence-corrected chi connectivity index (χ3v) is 4.82. The van der Waals surface area contributed by atoms with E-state index in [0.717, 1.165) is 12.0 Å². The molecule has 1 aliphatic carbocycles. The zero-order valence-corrected chi connectivity index (χ0v) is 17.2. The van der Waals surface area contributed by atoms with E-state index in [1.54, 1.807) is 42.1 Å². The van der Waals surface area contributed by atoms with E-state index < -0.39 is 29.9 Å². The first-order chi connectivity index (χ1) is 15.6. The maximum absolute atomic E-state index is 12.4. The number of amides is 2. The summed E-state index contributed by atoms with van der Waals surface area (Å²) in [4.78, 5) is 36.9. The molecule has 1 aromatic carbocycles. The van der Waals surface area contributed by atoms with Crippen LogP contribution in [0.4, 0.5) is 18.9 Å². The van der Waals surface area contributed by atoms with Crippen molar-refractivity contribution in [3.8, 4) is 5.75 Å². The van der Waals surface area contributed by atoms with Gasteiger partial charge in [-0.3, -0.25) is 19.8 Å². The lowest BCUT2D eigenvalue weighted by Gasteiger charge is -2.17. The molecule has 0 unspecified atom stereocenters. The third-order valence-electron chi connectivity index (χ3n) is 4.82. The molecule has 3 rings (SSSR count). The predicted molar refractivity (Wildman–Crippen MR) is 108 cm³/mol. The standard InChI is InChI=1S/C19H21N3O4.C2HF3O2/c23-18(16-2-1-3-17(16)19(24)22-25)21-14-4-6-15(7-5-14)26-12-13-8-10-20-11-9-13;3-2(4,5)1(6)7/h4-11,16-17,25H,1-3,12H2,(H,21,23)(H,22,24);(H,6,7)/t16-,17-;/m0./s1. The smallest absolute Gasteiger partial charge is 0.489 e. The molecule has 9 nitrogen and oxygen atoms in total. The number of halogens is 3. The van der Waals surface area contributed by atoms with Crippen molar-refractivity contribution in [2.75, 3.05) is 5.32 Å². The zero-order valence-electron chi connectivity index (χ0n) is 17.2. The minimum atomic E-state index is -5.08. The van der Waals surface area contributed by atoms with Crippen LogP contribution in [0.25, 0.3) is 0 Å². The maximum Gasteiger partial charge on any atom is 0.490 e. The van der Waals surface area contributed by atoms with Gasteiger partial charge in [0.2, 0.25) is 11.8 Å². The summed E-state index contributed by atoms with van der Waals surface area (Å²) in [6, 6.07) is 10.8. The number of hydrogen-bond acceptors (Lipinski definition) is 6. The van der Waals surface area contributed by atoms with Gasteiger partial charge in [0.1, 0.15) is 12.4 Å². The van der Waals surface area contributed by atoms with Gasteiger partial charge in [-0.2, -0.15) is 13.2 Å². The summed E-state index contributed by atoms with van der Waals surface area (Å²) >= 11 is 0. The third kappa shape index (κ3) is 8.07. The van der Waals surface area contributed by atoms with Crippen molar-refractivity contribution in [3.63, 3.8) is 0 Å². The molecule has 0 bridgehead atoms. The van der Waals surface area contributed by atoms with E-state index in [9.17, 15) is 22.8 Å². The van der Waals surface area contributed by atoms with Crippen LogP contribution in [0, 0.1) is 11.8 Å². The number of alkyl halides is 3. The highest BCUT2D eigenvalue weighted by atomic mass is 19.4. The molecule has 33 heavy (non-hydrogen) atoms. The summed E-state index contributed by atoms with van der Waals surface area (Å²) in [6.45, 7) is 0.439. The van der Waals surface area contributed by atoms with Crippen molar-refractivity contribution in [3.05, 3.63) is 54.4 Å². The average Bonchev–Trinajstić information content (AvgIpc) is 3.29. The van der Waals surface area contributed by atoms with Crippen molar-refractivity contribution in [1.29, 1.82) is 0 Å². The average molecular weight is 469 g/mol. The number of hydrogen-bond donors (Lipinski definition) is 4. The van der Waals surface area contributed by atoms with Crippen LogP contribution in [0.15, 0.2) is 48.8 Å². The number of benzene rings is 1. The summed E-state index contributed by atoms with van der Waals surface area (Å²) in [5.41, 5.74) is 3.31. The first-order valence-electron chi connectivity index (χ1n) is 9.78. The van der Waals surface area contributed by atoms with Gasteiger partial charge in [-0.25, -0.2) is 10.3 Å². The molecule has 2 amide bonds. The molecule has 178 valence electrons. The fraction of sp³-hybridized carbons (Fsp3) is 0.333. The Hall–Kier alpha value is -3.67. The number of carbonyl (C=O) groups excluding carboxylic acids is 2. The van der Waals surface area contributed by atoms with Crippen LogP contribution in [0.2, 0.25) is 0 Å². The minimum Gasteiger partial charge on any atom is -0.489 e. The highest BCUT2D eigenvalue weighted by Gasteiger charge is 2.38. The number of nitrogens with zero attached hydrogens (tertiary/aromatic N) is 1. The molecule has 0 aliphatic heterocycles. The zero-order chi connectivity index (χ0) is 24.4. The number of carbonyl (C=O) groups is 3. The lowest BCUT2D eigenvalue weighted by molar-refractivity contribution is -0.192. The fourth-order valence-corrected chi connectivity index (χ4v) is 3.19. The number of carboxylic acid groups (broad SMARTS) is 1. The number of anilines is 1. The van der Waals surface area contributed by atoms with Gasteiger partial charge >= 0.3 is 12.1 Å². The van der Waals surface area contributed by atoms with Crippen molar-refractivity contribution in [2.45, 2.75) is 32.0 Å². The largest absolute Gasteiger partial charge is 0.490 e. The Labute approximate surface area is 186 Å². The van der Waals surface area contributed by atoms with E-state index in [0.29, 0.717) is 30.9 Å². The summed E-state index contributed by atoms with van der Waals surface area (Å²) in [6.07, 6.45) is 0.372. The highest BCUT2D eigenvalue weighted by molar-refractivity contribution is 5.96. The van der Waals surface area contributed by atoms with E-state index in [2.05, 4.69) is 10.3 Å². The summed E-state index contributed by atoms with van der Waals surface area (Å²) in [5, 5.41) is 18.8. The molecular weight excluding hydrogens is 447 g/mol.